The van der Waals surface area contributed by atoms with Gasteiger partial charge in [0.15, 0.2) is 0 Å². The molecule has 2 N–H and O–H groups in total. The smallest absolute Gasteiger partial charge is 0.361 e. The van der Waals surface area contributed by atoms with Crippen LogP contribution in [-0.2, 0) is 11.2 Å². The fourth-order valence-corrected chi connectivity index (χ4v) is 3.42. The number of amides is 1. The van der Waals surface area contributed by atoms with E-state index in [1.807, 2.05) is 30.5 Å². The van der Waals surface area contributed by atoms with E-state index in [-0.39, 0.29) is 13.1 Å². The van der Waals surface area contributed by atoms with Crippen LogP contribution in [-0.4, -0.2) is 48.6 Å². The van der Waals surface area contributed by atoms with Crippen molar-refractivity contribution in [2.75, 3.05) is 26.7 Å². The highest BCUT2D eigenvalue weighted by atomic mass is 19.4. The molecule has 0 bridgehead atoms. The van der Waals surface area contributed by atoms with E-state index < -0.39 is 23.9 Å². The summed E-state index contributed by atoms with van der Waals surface area (Å²) in [5.41, 5.74) is 2.07. The molecule has 0 unspecified atom stereocenters. The van der Waals surface area contributed by atoms with E-state index in [4.69, 9.17) is 0 Å². The molecule has 4 nitrogen and oxygen atoms in total. The van der Waals surface area contributed by atoms with Crippen LogP contribution in [0, 0.1) is 11.8 Å². The number of halogens is 3. The summed E-state index contributed by atoms with van der Waals surface area (Å²) < 4.78 is 39.2. The Morgan fingerprint density at radius 3 is 2.88 bits per heavy atom. The molecule has 0 radical (unpaired) electrons. The van der Waals surface area contributed by atoms with E-state index in [2.05, 4.69) is 10.3 Å². The Labute approximate surface area is 138 Å². The van der Waals surface area contributed by atoms with Crippen molar-refractivity contribution >= 4 is 16.8 Å². The SMILES string of the molecule is CN1C[C@@H](C(F)(F)F)[C@H](C(=O)NCCc2cccc3[nH]ccc23)C1. The summed E-state index contributed by atoms with van der Waals surface area (Å²) in [7, 11) is 1.61. The number of H-pyrrole nitrogens is 1. The van der Waals surface area contributed by atoms with Crippen molar-refractivity contribution in [3.05, 3.63) is 36.0 Å². The number of nitrogens with one attached hydrogen (secondary N) is 2. The molecule has 1 aromatic heterocycles. The predicted molar refractivity (Wildman–Crippen MR) is 85.5 cm³/mol. The van der Waals surface area contributed by atoms with Crippen molar-refractivity contribution in [2.24, 2.45) is 11.8 Å². The number of carbonyl (C=O) groups excluding carboxylic acids is 1. The van der Waals surface area contributed by atoms with Gasteiger partial charge in [-0.1, -0.05) is 12.1 Å². The number of likely N-dealkylation sites (tertiary alicyclic amines) is 1. The van der Waals surface area contributed by atoms with Gasteiger partial charge in [0.05, 0.1) is 11.8 Å². The lowest BCUT2D eigenvalue weighted by Crippen LogP contribution is -2.40. The molecule has 0 saturated carbocycles. The van der Waals surface area contributed by atoms with Gasteiger partial charge in [-0.25, -0.2) is 0 Å². The van der Waals surface area contributed by atoms with Gasteiger partial charge in [0.25, 0.3) is 0 Å². The number of aromatic amines is 1. The van der Waals surface area contributed by atoms with Crippen LogP contribution in [0.2, 0.25) is 0 Å². The number of alkyl halides is 3. The fraction of sp³-hybridized carbons (Fsp3) is 0.471. The number of hydrogen-bond acceptors (Lipinski definition) is 2. The largest absolute Gasteiger partial charge is 0.393 e. The van der Waals surface area contributed by atoms with Crippen molar-refractivity contribution < 1.29 is 18.0 Å². The first kappa shape index (κ1) is 16.8. The van der Waals surface area contributed by atoms with Gasteiger partial charge in [0.2, 0.25) is 5.91 Å². The molecule has 1 aliphatic heterocycles. The molecule has 1 saturated heterocycles. The third-order valence-corrected chi connectivity index (χ3v) is 4.64. The van der Waals surface area contributed by atoms with Crippen molar-refractivity contribution in [3.8, 4) is 0 Å². The number of aromatic nitrogens is 1. The number of carbonyl (C=O) groups is 1. The molecule has 1 aromatic carbocycles. The van der Waals surface area contributed by atoms with Gasteiger partial charge in [-0.2, -0.15) is 13.2 Å². The molecular formula is C17H20F3N3O. The Hall–Kier alpha value is -2.02. The molecule has 130 valence electrons. The number of rotatable bonds is 4. The van der Waals surface area contributed by atoms with Crippen LogP contribution >= 0.6 is 0 Å². The average Bonchev–Trinajstić information content (AvgIpc) is 3.13. The highest BCUT2D eigenvalue weighted by Crippen LogP contribution is 2.37. The summed E-state index contributed by atoms with van der Waals surface area (Å²) in [6.07, 6.45) is -1.92. The van der Waals surface area contributed by atoms with E-state index in [9.17, 15) is 18.0 Å². The maximum atomic E-state index is 13.1. The Bertz CT molecular complexity index is 725. The monoisotopic (exact) mass is 339 g/mol. The maximum Gasteiger partial charge on any atom is 0.393 e. The average molecular weight is 339 g/mol. The van der Waals surface area contributed by atoms with Crippen molar-refractivity contribution in [3.63, 3.8) is 0 Å². The van der Waals surface area contributed by atoms with Crippen LogP contribution in [0.1, 0.15) is 5.56 Å². The van der Waals surface area contributed by atoms with E-state index in [0.29, 0.717) is 13.0 Å². The summed E-state index contributed by atoms with van der Waals surface area (Å²) in [5, 5.41) is 3.75. The third kappa shape index (κ3) is 3.40. The summed E-state index contributed by atoms with van der Waals surface area (Å²) in [5.74, 6) is -3.13. The first-order valence-corrected chi connectivity index (χ1v) is 7.94. The molecule has 2 aromatic rings. The van der Waals surface area contributed by atoms with Gasteiger partial charge >= 0.3 is 6.18 Å². The zero-order valence-corrected chi connectivity index (χ0v) is 13.4. The molecule has 24 heavy (non-hydrogen) atoms. The lowest BCUT2D eigenvalue weighted by atomic mass is 9.94. The number of benzene rings is 1. The Morgan fingerprint density at radius 1 is 1.33 bits per heavy atom. The molecule has 0 spiro atoms. The van der Waals surface area contributed by atoms with Crippen LogP contribution in [0.15, 0.2) is 30.5 Å². The zero-order valence-electron chi connectivity index (χ0n) is 13.4. The van der Waals surface area contributed by atoms with Crippen molar-refractivity contribution in [2.45, 2.75) is 12.6 Å². The van der Waals surface area contributed by atoms with E-state index in [0.717, 1.165) is 16.5 Å². The van der Waals surface area contributed by atoms with Crippen LogP contribution in [0.25, 0.3) is 10.9 Å². The van der Waals surface area contributed by atoms with Crippen LogP contribution in [0.4, 0.5) is 13.2 Å². The quantitative estimate of drug-likeness (QED) is 0.899. The van der Waals surface area contributed by atoms with Gasteiger partial charge < -0.3 is 15.2 Å². The highest BCUT2D eigenvalue weighted by Gasteiger charge is 2.51. The van der Waals surface area contributed by atoms with Crippen molar-refractivity contribution in [1.29, 1.82) is 0 Å². The second kappa shape index (κ2) is 6.47. The Balaban J connectivity index is 1.60. The van der Waals surface area contributed by atoms with Crippen LogP contribution < -0.4 is 5.32 Å². The minimum absolute atomic E-state index is 0.121. The molecule has 7 heteroatoms. The molecule has 0 aliphatic carbocycles. The van der Waals surface area contributed by atoms with Crippen LogP contribution in [0.5, 0.6) is 0 Å². The molecule has 3 rings (SSSR count). The lowest BCUT2D eigenvalue weighted by Gasteiger charge is -2.20. The van der Waals surface area contributed by atoms with Gasteiger partial charge in [0, 0.05) is 36.7 Å². The van der Waals surface area contributed by atoms with Crippen LogP contribution in [0.3, 0.4) is 0 Å². The minimum Gasteiger partial charge on any atom is -0.361 e. The van der Waals surface area contributed by atoms with Gasteiger partial charge in [-0.05, 0) is 31.2 Å². The summed E-state index contributed by atoms with van der Waals surface area (Å²) in [4.78, 5) is 16.9. The number of nitrogens with zero attached hydrogens (tertiary/aromatic N) is 1. The number of fused-ring (bicyclic) bond motifs is 1. The first-order chi connectivity index (χ1) is 11.4. The Kier molecular flexibility index (Phi) is 4.54. The molecule has 2 atom stereocenters. The zero-order chi connectivity index (χ0) is 17.3. The number of hydrogen-bond donors (Lipinski definition) is 2. The predicted octanol–water partition coefficient (Wildman–Crippen LogP) is 2.57. The van der Waals surface area contributed by atoms with Gasteiger partial charge in [-0.15, -0.1) is 0 Å². The lowest BCUT2D eigenvalue weighted by molar-refractivity contribution is -0.183. The van der Waals surface area contributed by atoms with E-state index >= 15 is 0 Å². The third-order valence-electron chi connectivity index (χ3n) is 4.64. The summed E-state index contributed by atoms with van der Waals surface area (Å²) in [6, 6.07) is 7.80. The first-order valence-electron chi connectivity index (χ1n) is 7.94. The molecule has 1 amide bonds. The maximum absolute atomic E-state index is 13.1. The van der Waals surface area contributed by atoms with E-state index in [1.54, 1.807) is 11.9 Å². The Morgan fingerprint density at radius 2 is 2.12 bits per heavy atom. The summed E-state index contributed by atoms with van der Waals surface area (Å²) >= 11 is 0. The standard InChI is InChI=1S/C17H20F3N3O/c1-23-9-13(14(10-23)17(18,19)20)16(24)22-7-5-11-3-2-4-15-12(11)6-8-21-15/h2-4,6,8,13-14,21H,5,7,9-10H2,1H3,(H,22,24)/t13-,14-/m1/s1. The highest BCUT2D eigenvalue weighted by molar-refractivity contribution is 5.83. The second-order valence-corrected chi connectivity index (χ2v) is 6.37. The minimum atomic E-state index is -4.34. The van der Waals surface area contributed by atoms with Gasteiger partial charge in [-0.3, -0.25) is 4.79 Å². The van der Waals surface area contributed by atoms with Gasteiger partial charge in [0.1, 0.15) is 0 Å². The van der Waals surface area contributed by atoms with E-state index in [1.165, 1.54) is 0 Å². The fourth-order valence-electron chi connectivity index (χ4n) is 3.42. The molecule has 1 aliphatic rings. The summed E-state index contributed by atoms with van der Waals surface area (Å²) in [6.45, 7) is 0.349. The normalized spacial score (nSPS) is 22.2. The molecule has 2 heterocycles. The molecular weight excluding hydrogens is 319 g/mol. The second-order valence-electron chi connectivity index (χ2n) is 6.37. The topological polar surface area (TPSA) is 48.1 Å². The van der Waals surface area contributed by atoms with Crippen molar-refractivity contribution in [1.82, 2.24) is 15.2 Å². The molecule has 1 fully saturated rings.